The Hall–Kier alpha value is -0.566. The van der Waals surface area contributed by atoms with E-state index in [1.807, 2.05) is 12.4 Å². The summed E-state index contributed by atoms with van der Waals surface area (Å²) >= 11 is 0. The molecule has 0 fully saturated rings. The first-order valence-corrected chi connectivity index (χ1v) is 13.2. The molecule has 0 aliphatic carbocycles. The lowest BCUT2D eigenvalue weighted by Gasteiger charge is -2.15. The monoisotopic (exact) mass is 288 g/mol. The van der Waals surface area contributed by atoms with Gasteiger partial charge in [-0.3, -0.25) is 11.0 Å². The molecule has 0 rings (SSSR count). The minimum atomic E-state index is -1.46. The highest BCUT2D eigenvalue weighted by atomic mass is 28.4. The molecule has 0 aliphatic heterocycles. The van der Waals surface area contributed by atoms with Gasteiger partial charge in [0.15, 0.2) is 0 Å². The number of nitrogens with one attached hydrogen (secondary N) is 2. The summed E-state index contributed by atoms with van der Waals surface area (Å²) in [5.74, 6) is 0. The molecule has 6 heteroatoms. The van der Waals surface area contributed by atoms with Gasteiger partial charge in [0, 0.05) is 12.4 Å². The van der Waals surface area contributed by atoms with Gasteiger partial charge < -0.3 is 9.05 Å². The molecule has 0 radical (unpaired) electrons. The van der Waals surface area contributed by atoms with Crippen molar-refractivity contribution >= 4 is 16.6 Å². The van der Waals surface area contributed by atoms with Crippen LogP contribution in [-0.4, -0.2) is 16.6 Å². The zero-order valence-electron chi connectivity index (χ0n) is 12.5. The Bertz CT molecular complexity index is 240. The first kappa shape index (κ1) is 17.4. The first-order valence-electron chi connectivity index (χ1n) is 6.38. The second-order valence-corrected chi connectivity index (χ2v) is 14.9. The van der Waals surface area contributed by atoms with Gasteiger partial charge >= 0.3 is 0 Å². The zero-order valence-corrected chi connectivity index (χ0v) is 14.5. The maximum atomic E-state index is 5.47. The highest BCUT2D eigenvalue weighted by Gasteiger charge is 2.14. The van der Waals surface area contributed by atoms with Crippen LogP contribution in [0.2, 0.25) is 39.3 Å². The normalized spacial score (nSPS) is 13.4. The predicted molar refractivity (Wildman–Crippen MR) is 82.6 cm³/mol. The molecule has 0 aromatic rings. The molecule has 0 unspecified atom stereocenters. The molecule has 0 atom stereocenters. The van der Waals surface area contributed by atoms with Crippen LogP contribution in [-0.2, 0) is 9.05 Å². The van der Waals surface area contributed by atoms with Gasteiger partial charge in [0.05, 0.1) is 0 Å². The fourth-order valence-corrected chi connectivity index (χ4v) is 1.72. The number of hydrogen-bond acceptors (Lipinski definition) is 4. The molecule has 0 bridgehead atoms. The van der Waals surface area contributed by atoms with Gasteiger partial charge in [-0.05, 0) is 52.1 Å². The standard InChI is InChI=1S/C12H28N2O2Si2/c1-17(2,3)15-13-11-9-7-8-10-12-14-16-18(4,5)6/h9-14H,7-8H2,1-6H3. The zero-order chi connectivity index (χ0) is 14.1. The van der Waals surface area contributed by atoms with E-state index in [9.17, 15) is 0 Å². The molecule has 0 aromatic carbocycles. The Kier molecular flexibility index (Phi) is 8.25. The van der Waals surface area contributed by atoms with Crippen molar-refractivity contribution in [2.75, 3.05) is 0 Å². The fourth-order valence-electron chi connectivity index (χ4n) is 0.877. The van der Waals surface area contributed by atoms with Gasteiger partial charge in [-0.1, -0.05) is 12.2 Å². The molecule has 0 spiro atoms. The Balaban J connectivity index is 3.45. The third-order valence-electron chi connectivity index (χ3n) is 1.60. The Labute approximate surface area is 114 Å². The summed E-state index contributed by atoms with van der Waals surface area (Å²) in [6, 6.07) is 0. The van der Waals surface area contributed by atoms with Gasteiger partial charge in [-0.15, -0.1) is 0 Å². The van der Waals surface area contributed by atoms with Crippen molar-refractivity contribution in [3.05, 3.63) is 24.6 Å². The average molecular weight is 289 g/mol. The van der Waals surface area contributed by atoms with E-state index in [0.717, 1.165) is 12.8 Å². The number of unbranched alkanes of at least 4 members (excludes halogenated alkanes) is 1. The molecule has 106 valence electrons. The fraction of sp³-hybridized carbons (Fsp3) is 0.667. The second-order valence-electron chi connectivity index (χ2n) is 6.05. The molecular formula is C12H28N2O2Si2. The van der Waals surface area contributed by atoms with Gasteiger partial charge in [0.25, 0.3) is 0 Å². The highest BCUT2D eigenvalue weighted by Crippen LogP contribution is 2.00. The molecule has 0 saturated heterocycles. The predicted octanol–water partition coefficient (Wildman–Crippen LogP) is 3.51. The summed E-state index contributed by atoms with van der Waals surface area (Å²) in [5, 5.41) is 0. The van der Waals surface area contributed by atoms with Crippen LogP contribution >= 0.6 is 0 Å². The lowest BCUT2D eigenvalue weighted by molar-refractivity contribution is 0.234. The van der Waals surface area contributed by atoms with Crippen molar-refractivity contribution in [1.82, 2.24) is 11.0 Å². The molecule has 0 heterocycles. The largest absolute Gasteiger partial charge is 0.323 e. The highest BCUT2D eigenvalue weighted by molar-refractivity contribution is 6.69. The van der Waals surface area contributed by atoms with Gasteiger partial charge in [0.1, 0.15) is 0 Å². The van der Waals surface area contributed by atoms with E-state index in [1.165, 1.54) is 0 Å². The minimum Gasteiger partial charge on any atom is -0.323 e. The minimum absolute atomic E-state index is 0.979. The summed E-state index contributed by atoms with van der Waals surface area (Å²) in [4.78, 5) is 0. The van der Waals surface area contributed by atoms with Crippen LogP contribution in [0.3, 0.4) is 0 Å². The molecule has 0 aromatic heterocycles. The molecule has 2 N–H and O–H groups in total. The van der Waals surface area contributed by atoms with E-state index in [1.54, 1.807) is 0 Å². The maximum absolute atomic E-state index is 5.47. The summed E-state index contributed by atoms with van der Waals surface area (Å²) in [7, 11) is -2.92. The second kappa shape index (κ2) is 8.52. The van der Waals surface area contributed by atoms with Crippen LogP contribution < -0.4 is 11.0 Å². The van der Waals surface area contributed by atoms with Crippen molar-refractivity contribution in [1.29, 1.82) is 0 Å². The summed E-state index contributed by atoms with van der Waals surface area (Å²) < 4.78 is 10.9. The van der Waals surface area contributed by atoms with Crippen LogP contribution in [0.15, 0.2) is 24.6 Å². The van der Waals surface area contributed by atoms with E-state index in [4.69, 9.17) is 9.05 Å². The molecule has 0 amide bonds. The first-order chi connectivity index (χ1) is 8.21. The maximum Gasteiger partial charge on any atom is 0.220 e. The van der Waals surface area contributed by atoms with E-state index in [0.29, 0.717) is 0 Å². The van der Waals surface area contributed by atoms with Crippen molar-refractivity contribution in [3.8, 4) is 0 Å². The smallest absolute Gasteiger partial charge is 0.220 e. The third kappa shape index (κ3) is 15.4. The van der Waals surface area contributed by atoms with Crippen LogP contribution in [0.4, 0.5) is 0 Å². The summed E-state index contributed by atoms with van der Waals surface area (Å²) in [5.41, 5.74) is 5.74. The summed E-state index contributed by atoms with van der Waals surface area (Å²) in [6.45, 7) is 12.8. The average Bonchev–Trinajstić information content (AvgIpc) is 2.17. The topological polar surface area (TPSA) is 42.5 Å². The quantitative estimate of drug-likeness (QED) is 0.387. The Morgan fingerprint density at radius 2 is 1.06 bits per heavy atom. The van der Waals surface area contributed by atoms with Gasteiger partial charge in [-0.25, -0.2) is 0 Å². The van der Waals surface area contributed by atoms with Crippen molar-refractivity contribution in [2.24, 2.45) is 0 Å². The van der Waals surface area contributed by atoms with Crippen LogP contribution in [0, 0.1) is 0 Å². The van der Waals surface area contributed by atoms with E-state index in [2.05, 4.69) is 62.4 Å². The SMILES string of the molecule is C[Si](C)(C)ONC=CCCC=CNO[Si](C)(C)C. The van der Waals surface area contributed by atoms with Crippen molar-refractivity contribution in [3.63, 3.8) is 0 Å². The molecular weight excluding hydrogens is 260 g/mol. The number of hydrogen-bond donors (Lipinski definition) is 2. The van der Waals surface area contributed by atoms with Crippen LogP contribution in [0.1, 0.15) is 12.8 Å². The lowest BCUT2D eigenvalue weighted by atomic mass is 10.3. The lowest BCUT2D eigenvalue weighted by Crippen LogP contribution is -2.31. The summed E-state index contributed by atoms with van der Waals surface area (Å²) in [6.07, 6.45) is 9.80. The molecule has 0 aliphatic rings. The van der Waals surface area contributed by atoms with E-state index < -0.39 is 16.6 Å². The van der Waals surface area contributed by atoms with Crippen LogP contribution in [0.5, 0.6) is 0 Å². The number of hydroxylamine groups is 2. The van der Waals surface area contributed by atoms with Crippen LogP contribution in [0.25, 0.3) is 0 Å². The number of rotatable bonds is 9. The van der Waals surface area contributed by atoms with Crippen molar-refractivity contribution < 1.29 is 9.05 Å². The molecule has 18 heavy (non-hydrogen) atoms. The van der Waals surface area contributed by atoms with Gasteiger partial charge in [0.2, 0.25) is 16.6 Å². The van der Waals surface area contributed by atoms with Gasteiger partial charge in [-0.2, -0.15) is 0 Å². The Morgan fingerprint density at radius 1 is 0.722 bits per heavy atom. The number of allylic oxidation sites excluding steroid dienone is 2. The Morgan fingerprint density at radius 3 is 1.33 bits per heavy atom. The molecule has 4 nitrogen and oxygen atoms in total. The third-order valence-corrected chi connectivity index (χ3v) is 3.06. The van der Waals surface area contributed by atoms with E-state index in [-0.39, 0.29) is 0 Å². The van der Waals surface area contributed by atoms with Crippen molar-refractivity contribution in [2.45, 2.75) is 52.1 Å². The van der Waals surface area contributed by atoms with E-state index >= 15 is 0 Å². The molecule has 0 saturated carbocycles.